The highest BCUT2D eigenvalue weighted by atomic mass is 32.1. The Morgan fingerprint density at radius 3 is 2.52 bits per heavy atom. The van der Waals surface area contributed by atoms with Crippen molar-refractivity contribution in [3.63, 3.8) is 0 Å². The van der Waals surface area contributed by atoms with Gasteiger partial charge in [0.1, 0.15) is 12.4 Å². The lowest BCUT2D eigenvalue weighted by molar-refractivity contribution is 0.246. The van der Waals surface area contributed by atoms with Gasteiger partial charge in [0.05, 0.1) is 5.69 Å². The summed E-state index contributed by atoms with van der Waals surface area (Å²) < 4.78 is 5.82. The molecule has 3 nitrogen and oxygen atoms in total. The SMILES string of the molecule is c1ccc(COc2ccc(CN(Cc3ccsc3)C3CC3)cc2)nc1. The van der Waals surface area contributed by atoms with Crippen molar-refractivity contribution in [1.29, 1.82) is 0 Å². The number of hydrogen-bond acceptors (Lipinski definition) is 4. The van der Waals surface area contributed by atoms with Crippen LogP contribution in [0, 0.1) is 0 Å². The van der Waals surface area contributed by atoms with Gasteiger partial charge in [-0.1, -0.05) is 18.2 Å². The van der Waals surface area contributed by atoms with Crippen LogP contribution in [-0.2, 0) is 19.7 Å². The largest absolute Gasteiger partial charge is 0.487 e. The summed E-state index contributed by atoms with van der Waals surface area (Å²) in [4.78, 5) is 6.87. The Bertz CT molecular complexity index is 767. The Morgan fingerprint density at radius 1 is 1.00 bits per heavy atom. The summed E-state index contributed by atoms with van der Waals surface area (Å²) in [6, 6.07) is 17.3. The monoisotopic (exact) mass is 350 g/mol. The fourth-order valence-corrected chi connectivity index (χ4v) is 3.60. The molecule has 0 unspecified atom stereocenters. The predicted molar refractivity (Wildman–Crippen MR) is 102 cm³/mol. The summed E-state index contributed by atoms with van der Waals surface area (Å²) in [6.45, 7) is 2.56. The Labute approximate surface area is 152 Å². The zero-order valence-electron chi connectivity index (χ0n) is 14.2. The van der Waals surface area contributed by atoms with Crippen molar-refractivity contribution >= 4 is 11.3 Å². The van der Waals surface area contributed by atoms with Crippen LogP contribution in [0.25, 0.3) is 0 Å². The van der Waals surface area contributed by atoms with Gasteiger partial charge >= 0.3 is 0 Å². The predicted octanol–water partition coefficient (Wildman–Crippen LogP) is 4.89. The maximum Gasteiger partial charge on any atom is 0.130 e. The van der Waals surface area contributed by atoms with Crippen LogP contribution < -0.4 is 4.74 Å². The second kappa shape index (κ2) is 7.81. The molecule has 0 aliphatic heterocycles. The molecule has 128 valence electrons. The second-order valence-electron chi connectivity index (χ2n) is 6.52. The van der Waals surface area contributed by atoms with Crippen LogP contribution in [0.15, 0.2) is 65.5 Å². The zero-order valence-corrected chi connectivity index (χ0v) is 15.0. The van der Waals surface area contributed by atoms with Gasteiger partial charge < -0.3 is 4.74 Å². The van der Waals surface area contributed by atoms with Crippen LogP contribution in [0.5, 0.6) is 5.75 Å². The maximum absolute atomic E-state index is 5.82. The van der Waals surface area contributed by atoms with Crippen LogP contribution in [0.1, 0.15) is 29.7 Å². The van der Waals surface area contributed by atoms with Gasteiger partial charge in [-0.05, 0) is 65.1 Å². The van der Waals surface area contributed by atoms with Crippen molar-refractivity contribution in [2.45, 2.75) is 38.6 Å². The third-order valence-electron chi connectivity index (χ3n) is 4.45. The van der Waals surface area contributed by atoms with Crippen molar-refractivity contribution in [1.82, 2.24) is 9.88 Å². The Hall–Kier alpha value is -2.17. The minimum absolute atomic E-state index is 0.506. The molecular weight excluding hydrogens is 328 g/mol. The van der Waals surface area contributed by atoms with E-state index in [1.165, 1.54) is 24.0 Å². The van der Waals surface area contributed by atoms with Gasteiger partial charge in [-0.25, -0.2) is 0 Å². The standard InChI is InChI=1S/C21H22N2OS/c1-2-11-22-19(3-1)15-24-21-8-4-17(5-9-21)13-23(20-6-7-20)14-18-10-12-25-16-18/h1-5,8-12,16,20H,6-7,13-15H2. The van der Waals surface area contributed by atoms with Gasteiger partial charge in [0.2, 0.25) is 0 Å². The molecule has 0 amide bonds. The maximum atomic E-state index is 5.82. The molecule has 0 N–H and O–H groups in total. The number of nitrogens with zero attached hydrogens (tertiary/aromatic N) is 2. The van der Waals surface area contributed by atoms with Crippen LogP contribution in [0.3, 0.4) is 0 Å². The molecule has 25 heavy (non-hydrogen) atoms. The number of ether oxygens (including phenoxy) is 1. The van der Waals surface area contributed by atoms with E-state index in [-0.39, 0.29) is 0 Å². The summed E-state index contributed by atoms with van der Waals surface area (Å²) >= 11 is 1.78. The summed E-state index contributed by atoms with van der Waals surface area (Å²) in [5, 5.41) is 4.41. The van der Waals surface area contributed by atoms with E-state index >= 15 is 0 Å². The van der Waals surface area contributed by atoms with Gasteiger partial charge in [0.15, 0.2) is 0 Å². The topological polar surface area (TPSA) is 25.4 Å². The number of thiophene rings is 1. The third-order valence-corrected chi connectivity index (χ3v) is 5.18. The first-order valence-corrected chi connectivity index (χ1v) is 9.68. The molecule has 3 aromatic rings. The molecule has 1 aliphatic carbocycles. The van der Waals surface area contributed by atoms with Crippen LogP contribution in [0.2, 0.25) is 0 Å². The van der Waals surface area contributed by atoms with E-state index in [0.29, 0.717) is 6.61 Å². The number of hydrogen-bond donors (Lipinski definition) is 0. The van der Waals surface area contributed by atoms with Gasteiger partial charge in [0, 0.05) is 25.3 Å². The number of aromatic nitrogens is 1. The normalized spacial score (nSPS) is 14.0. The zero-order chi connectivity index (χ0) is 16.9. The molecule has 0 saturated heterocycles. The summed E-state index contributed by atoms with van der Waals surface area (Å²) in [6.07, 6.45) is 4.45. The Balaban J connectivity index is 1.34. The van der Waals surface area contributed by atoms with Crippen molar-refractivity contribution in [2.75, 3.05) is 0 Å². The van der Waals surface area contributed by atoms with Crippen molar-refractivity contribution in [2.24, 2.45) is 0 Å². The van der Waals surface area contributed by atoms with E-state index in [0.717, 1.165) is 30.6 Å². The lowest BCUT2D eigenvalue weighted by atomic mass is 10.2. The first kappa shape index (κ1) is 16.3. The summed E-state index contributed by atoms with van der Waals surface area (Å²) in [5.74, 6) is 0.894. The molecule has 0 radical (unpaired) electrons. The van der Waals surface area contributed by atoms with Gasteiger partial charge in [-0.15, -0.1) is 0 Å². The van der Waals surface area contributed by atoms with E-state index < -0.39 is 0 Å². The molecular formula is C21H22N2OS. The third kappa shape index (κ3) is 4.68. The highest BCUT2D eigenvalue weighted by molar-refractivity contribution is 7.07. The molecule has 1 aliphatic rings. The van der Waals surface area contributed by atoms with Gasteiger partial charge in [-0.3, -0.25) is 9.88 Å². The summed E-state index contributed by atoms with van der Waals surface area (Å²) in [5.41, 5.74) is 3.71. The van der Waals surface area contributed by atoms with Crippen LogP contribution >= 0.6 is 11.3 Å². The first-order chi connectivity index (χ1) is 12.4. The molecule has 0 spiro atoms. The quantitative estimate of drug-likeness (QED) is 0.578. The fraction of sp³-hybridized carbons (Fsp3) is 0.286. The van der Waals surface area contributed by atoms with E-state index in [1.807, 2.05) is 18.2 Å². The van der Waals surface area contributed by atoms with Gasteiger partial charge in [0.25, 0.3) is 0 Å². The smallest absolute Gasteiger partial charge is 0.130 e. The first-order valence-electron chi connectivity index (χ1n) is 8.73. The van der Waals surface area contributed by atoms with Crippen LogP contribution in [0.4, 0.5) is 0 Å². The molecule has 2 heterocycles. The minimum atomic E-state index is 0.506. The average molecular weight is 350 g/mol. The molecule has 1 aromatic carbocycles. The summed E-state index contributed by atoms with van der Waals surface area (Å²) in [7, 11) is 0. The molecule has 1 saturated carbocycles. The molecule has 1 fully saturated rings. The molecule has 2 aromatic heterocycles. The molecule has 0 bridgehead atoms. The Morgan fingerprint density at radius 2 is 1.84 bits per heavy atom. The number of rotatable bonds is 8. The number of pyridine rings is 1. The van der Waals surface area contributed by atoms with E-state index in [1.54, 1.807) is 17.5 Å². The van der Waals surface area contributed by atoms with E-state index in [4.69, 9.17) is 4.74 Å². The molecule has 0 atom stereocenters. The minimum Gasteiger partial charge on any atom is -0.487 e. The van der Waals surface area contributed by atoms with Crippen LogP contribution in [-0.4, -0.2) is 15.9 Å². The lowest BCUT2D eigenvalue weighted by Gasteiger charge is -2.21. The van der Waals surface area contributed by atoms with Crippen molar-refractivity contribution < 1.29 is 4.74 Å². The van der Waals surface area contributed by atoms with Crippen molar-refractivity contribution in [3.8, 4) is 5.75 Å². The highest BCUT2D eigenvalue weighted by Crippen LogP contribution is 2.30. The van der Waals surface area contributed by atoms with Gasteiger partial charge in [-0.2, -0.15) is 11.3 Å². The Kier molecular flexibility index (Phi) is 5.09. The molecule has 4 rings (SSSR count). The second-order valence-corrected chi connectivity index (χ2v) is 7.30. The lowest BCUT2D eigenvalue weighted by Crippen LogP contribution is -2.24. The fourth-order valence-electron chi connectivity index (χ4n) is 2.94. The highest BCUT2D eigenvalue weighted by Gasteiger charge is 2.28. The van der Waals surface area contributed by atoms with Crippen molar-refractivity contribution in [3.05, 3.63) is 82.3 Å². The average Bonchev–Trinajstić information content (AvgIpc) is 3.39. The number of benzene rings is 1. The molecule has 4 heteroatoms. The van der Waals surface area contributed by atoms with E-state index in [9.17, 15) is 0 Å². The van der Waals surface area contributed by atoms with E-state index in [2.05, 4.69) is 51.0 Å².